The molecular weight excluding hydrogens is 435 g/mol. The second-order valence-corrected chi connectivity index (χ2v) is 5.74. The fraction of sp³-hybridized carbons (Fsp3) is 0.0588. The molecule has 0 saturated carbocycles. The van der Waals surface area contributed by atoms with Crippen molar-refractivity contribution in [3.05, 3.63) is 69.3 Å². The van der Waals surface area contributed by atoms with Gasteiger partial charge in [-0.1, -0.05) is 11.6 Å². The molecule has 0 aliphatic heterocycles. The Balaban J connectivity index is 2.55. The summed E-state index contributed by atoms with van der Waals surface area (Å²) in [6.07, 6.45) is -4.34. The van der Waals surface area contributed by atoms with E-state index in [-0.39, 0.29) is 11.8 Å². The van der Waals surface area contributed by atoms with Gasteiger partial charge >= 0.3 is 12.1 Å². The van der Waals surface area contributed by atoms with Gasteiger partial charge in [-0.2, -0.15) is 13.2 Å². The predicted molar refractivity (Wildman–Crippen MR) is 88.1 cm³/mol. The highest BCUT2D eigenvalue weighted by atomic mass is 35.5. The van der Waals surface area contributed by atoms with Crippen LogP contribution in [0.15, 0.2) is 34.8 Å². The van der Waals surface area contributed by atoms with E-state index in [2.05, 4.69) is 4.99 Å². The van der Waals surface area contributed by atoms with Crippen molar-refractivity contribution in [1.82, 2.24) is 0 Å². The van der Waals surface area contributed by atoms with E-state index >= 15 is 0 Å². The van der Waals surface area contributed by atoms with E-state index in [1.54, 1.807) is 0 Å². The van der Waals surface area contributed by atoms with Crippen molar-refractivity contribution in [3.8, 4) is 0 Å². The van der Waals surface area contributed by atoms with Gasteiger partial charge in [0.1, 0.15) is 11.3 Å². The maximum atomic E-state index is 13.8. The number of aliphatic imine (C=N–C) groups is 1. The first kappa shape index (κ1) is 22.2. The standard InChI is InChI=1S/C17H7ClF7NO3/c18-9-3-6(17(23,24)25)1-2-11(9)26-5-8(16(28)29)15(27)7-4-10(19)13(21)14(22)12(7)20/h1-5,27H,(H,28,29)/b15-8+,26-5?. The summed E-state index contributed by atoms with van der Waals surface area (Å²) < 4.78 is 91.2. The van der Waals surface area contributed by atoms with Crippen LogP contribution in [0.5, 0.6) is 0 Å². The Morgan fingerprint density at radius 2 is 1.62 bits per heavy atom. The number of rotatable bonds is 4. The molecule has 0 bridgehead atoms. The second kappa shape index (κ2) is 8.11. The van der Waals surface area contributed by atoms with Gasteiger partial charge in [-0.25, -0.2) is 22.4 Å². The Morgan fingerprint density at radius 3 is 2.14 bits per heavy atom. The fourth-order valence-electron chi connectivity index (χ4n) is 2.03. The monoisotopic (exact) mass is 441 g/mol. The topological polar surface area (TPSA) is 69.9 Å². The van der Waals surface area contributed by atoms with Gasteiger partial charge < -0.3 is 10.2 Å². The van der Waals surface area contributed by atoms with Gasteiger partial charge in [-0.3, -0.25) is 4.99 Å². The first-order chi connectivity index (χ1) is 13.3. The SMILES string of the molecule is O=C(O)/C(C=Nc1ccc(C(F)(F)F)cc1Cl)=C(/O)c1cc(F)c(F)c(F)c1F. The average molecular weight is 442 g/mol. The zero-order chi connectivity index (χ0) is 22.1. The third-order valence-electron chi connectivity index (χ3n) is 3.45. The molecule has 0 atom stereocenters. The quantitative estimate of drug-likeness (QED) is 0.160. The highest BCUT2D eigenvalue weighted by Gasteiger charge is 2.31. The van der Waals surface area contributed by atoms with E-state index in [1.165, 1.54) is 0 Å². The van der Waals surface area contributed by atoms with Crippen LogP contribution in [0.3, 0.4) is 0 Å². The Hall–Kier alpha value is -3.08. The Kier molecular flexibility index (Phi) is 6.21. The minimum absolute atomic E-state index is 0.0188. The molecule has 0 aromatic heterocycles. The number of aliphatic hydroxyl groups is 1. The summed E-state index contributed by atoms with van der Waals surface area (Å²) in [6, 6.07) is 1.90. The summed E-state index contributed by atoms with van der Waals surface area (Å²) in [4.78, 5) is 14.8. The van der Waals surface area contributed by atoms with Crippen molar-refractivity contribution in [2.75, 3.05) is 0 Å². The first-order valence-electron chi connectivity index (χ1n) is 7.25. The summed E-state index contributed by atoms with van der Waals surface area (Å²) in [6.45, 7) is 0. The van der Waals surface area contributed by atoms with Gasteiger partial charge in [0.05, 0.1) is 21.8 Å². The molecule has 0 aliphatic rings. The Morgan fingerprint density at radius 1 is 1.00 bits per heavy atom. The number of halogens is 8. The molecule has 0 amide bonds. The molecule has 0 saturated heterocycles. The molecule has 0 fully saturated rings. The summed E-state index contributed by atoms with van der Waals surface area (Å²) in [5.41, 5.74) is -3.99. The fourth-order valence-corrected chi connectivity index (χ4v) is 2.26. The van der Waals surface area contributed by atoms with Crippen molar-refractivity contribution < 1.29 is 45.7 Å². The zero-order valence-corrected chi connectivity index (χ0v) is 14.4. The largest absolute Gasteiger partial charge is 0.506 e. The highest BCUT2D eigenvalue weighted by Crippen LogP contribution is 2.35. The van der Waals surface area contributed by atoms with Crippen LogP contribution in [-0.4, -0.2) is 22.4 Å². The number of carbonyl (C=O) groups is 1. The third kappa shape index (κ3) is 4.67. The number of alkyl halides is 3. The van der Waals surface area contributed by atoms with Gasteiger partial charge in [-0.15, -0.1) is 0 Å². The van der Waals surface area contributed by atoms with Gasteiger partial charge in [-0.05, 0) is 24.3 Å². The van der Waals surface area contributed by atoms with E-state index < -0.39 is 62.9 Å². The molecule has 0 heterocycles. The minimum atomic E-state index is -4.70. The molecule has 154 valence electrons. The lowest BCUT2D eigenvalue weighted by atomic mass is 10.1. The Labute approximate surface area is 162 Å². The number of benzene rings is 2. The number of nitrogens with zero attached hydrogens (tertiary/aromatic N) is 1. The summed E-state index contributed by atoms with van der Waals surface area (Å²) in [7, 11) is 0. The van der Waals surface area contributed by atoms with Crippen LogP contribution in [0.1, 0.15) is 11.1 Å². The number of aliphatic carboxylic acids is 1. The molecular formula is C17H7ClF7NO3. The average Bonchev–Trinajstić information content (AvgIpc) is 2.62. The predicted octanol–water partition coefficient (Wildman–Crippen LogP) is 5.67. The molecule has 0 radical (unpaired) electrons. The first-order valence-corrected chi connectivity index (χ1v) is 7.63. The van der Waals surface area contributed by atoms with Crippen molar-refractivity contribution in [1.29, 1.82) is 0 Å². The zero-order valence-electron chi connectivity index (χ0n) is 13.7. The molecule has 12 heteroatoms. The lowest BCUT2D eigenvalue weighted by molar-refractivity contribution is -0.137. The smallest absolute Gasteiger partial charge is 0.416 e. The molecule has 2 aromatic carbocycles. The van der Waals surface area contributed by atoms with Crippen molar-refractivity contribution in [2.45, 2.75) is 6.18 Å². The summed E-state index contributed by atoms with van der Waals surface area (Å²) >= 11 is 5.64. The number of carboxylic acids is 1. The van der Waals surface area contributed by atoms with Crippen LogP contribution in [0.2, 0.25) is 5.02 Å². The van der Waals surface area contributed by atoms with E-state index in [0.717, 1.165) is 6.07 Å². The molecule has 2 rings (SSSR count). The number of hydrogen-bond donors (Lipinski definition) is 2. The lowest BCUT2D eigenvalue weighted by Gasteiger charge is -2.08. The van der Waals surface area contributed by atoms with E-state index in [9.17, 15) is 40.6 Å². The van der Waals surface area contributed by atoms with Crippen LogP contribution >= 0.6 is 11.6 Å². The number of carboxylic acid groups (broad SMARTS) is 1. The minimum Gasteiger partial charge on any atom is -0.506 e. The van der Waals surface area contributed by atoms with Crippen LogP contribution in [0.25, 0.3) is 5.76 Å². The van der Waals surface area contributed by atoms with Gasteiger partial charge in [0.25, 0.3) is 0 Å². The molecule has 0 aliphatic carbocycles. The third-order valence-corrected chi connectivity index (χ3v) is 3.75. The molecule has 0 unspecified atom stereocenters. The molecule has 0 spiro atoms. The summed E-state index contributed by atoms with van der Waals surface area (Å²) in [5.74, 6) is -11.9. The van der Waals surface area contributed by atoms with E-state index in [0.29, 0.717) is 18.3 Å². The van der Waals surface area contributed by atoms with Crippen molar-refractivity contribution in [3.63, 3.8) is 0 Å². The van der Waals surface area contributed by atoms with Gasteiger partial charge in [0.2, 0.25) is 0 Å². The van der Waals surface area contributed by atoms with Crippen LogP contribution in [0, 0.1) is 23.3 Å². The maximum absolute atomic E-state index is 13.8. The highest BCUT2D eigenvalue weighted by molar-refractivity contribution is 6.33. The molecule has 29 heavy (non-hydrogen) atoms. The maximum Gasteiger partial charge on any atom is 0.416 e. The second-order valence-electron chi connectivity index (χ2n) is 5.34. The normalized spacial score (nSPS) is 13.0. The Bertz CT molecular complexity index is 1050. The molecule has 2 aromatic rings. The molecule has 2 N–H and O–H groups in total. The van der Waals surface area contributed by atoms with Crippen LogP contribution in [0.4, 0.5) is 36.4 Å². The van der Waals surface area contributed by atoms with Crippen LogP contribution < -0.4 is 0 Å². The number of aliphatic hydroxyl groups excluding tert-OH is 1. The molecule has 4 nitrogen and oxygen atoms in total. The number of hydrogen-bond acceptors (Lipinski definition) is 3. The van der Waals surface area contributed by atoms with Gasteiger partial charge in [0.15, 0.2) is 23.3 Å². The van der Waals surface area contributed by atoms with E-state index in [4.69, 9.17) is 16.7 Å². The van der Waals surface area contributed by atoms with Crippen molar-refractivity contribution in [2.24, 2.45) is 4.99 Å². The lowest BCUT2D eigenvalue weighted by Crippen LogP contribution is -2.09. The van der Waals surface area contributed by atoms with Crippen LogP contribution in [-0.2, 0) is 11.0 Å². The van der Waals surface area contributed by atoms with Crippen molar-refractivity contribution >= 4 is 35.2 Å². The van der Waals surface area contributed by atoms with Gasteiger partial charge in [0, 0.05) is 6.21 Å². The summed E-state index contributed by atoms with van der Waals surface area (Å²) in [5, 5.41) is 18.5. The van der Waals surface area contributed by atoms with E-state index in [1.807, 2.05) is 0 Å².